The van der Waals surface area contributed by atoms with Gasteiger partial charge in [-0.2, -0.15) is 0 Å². The van der Waals surface area contributed by atoms with E-state index in [4.69, 9.17) is 9.26 Å². The summed E-state index contributed by atoms with van der Waals surface area (Å²) in [5.74, 6) is 1.10. The maximum atomic E-state index is 12.4. The largest absolute Gasteiger partial charge is 0.372 e. The first kappa shape index (κ1) is 14.5. The van der Waals surface area contributed by atoms with Crippen LogP contribution in [0.1, 0.15) is 28.0 Å². The smallest absolute Gasteiger partial charge is 0.276 e. The van der Waals surface area contributed by atoms with Crippen LogP contribution in [0.5, 0.6) is 0 Å². The second-order valence-electron chi connectivity index (χ2n) is 4.97. The summed E-state index contributed by atoms with van der Waals surface area (Å²) in [6, 6.07) is 1.63. The molecule has 3 heterocycles. The molecule has 116 valence electrons. The molecule has 0 bridgehead atoms. The minimum absolute atomic E-state index is 0.167. The molecule has 1 aliphatic rings. The van der Waals surface area contributed by atoms with E-state index >= 15 is 0 Å². The van der Waals surface area contributed by atoms with Crippen LogP contribution in [0.4, 0.5) is 5.82 Å². The highest BCUT2D eigenvalue weighted by Crippen LogP contribution is 2.25. The van der Waals surface area contributed by atoms with Crippen LogP contribution in [0, 0.1) is 6.92 Å². The van der Waals surface area contributed by atoms with E-state index in [1.165, 1.54) is 0 Å². The van der Waals surface area contributed by atoms with Crippen molar-refractivity contribution in [2.45, 2.75) is 13.0 Å². The molecule has 1 amide bonds. The van der Waals surface area contributed by atoms with Gasteiger partial charge >= 0.3 is 0 Å². The number of morpholine rings is 1. The first-order valence-corrected chi connectivity index (χ1v) is 7.02. The van der Waals surface area contributed by atoms with E-state index in [2.05, 4.69) is 20.4 Å². The maximum Gasteiger partial charge on any atom is 0.276 e. The molecule has 8 heteroatoms. The van der Waals surface area contributed by atoms with Gasteiger partial charge in [0.25, 0.3) is 5.91 Å². The van der Waals surface area contributed by atoms with Crippen LogP contribution in [-0.2, 0) is 4.74 Å². The molecule has 0 aromatic carbocycles. The molecule has 22 heavy (non-hydrogen) atoms. The molecule has 2 aromatic rings. The van der Waals surface area contributed by atoms with Crippen molar-refractivity contribution in [3.8, 4) is 0 Å². The number of nitrogens with one attached hydrogen (secondary N) is 1. The molecule has 0 spiro atoms. The zero-order valence-electron chi connectivity index (χ0n) is 12.4. The van der Waals surface area contributed by atoms with E-state index in [1.54, 1.807) is 37.3 Å². The Hall–Kier alpha value is -2.48. The summed E-state index contributed by atoms with van der Waals surface area (Å²) in [5, 5.41) is 6.76. The number of carbonyl (C=O) groups excluding carboxylic acids is 1. The van der Waals surface area contributed by atoms with Crippen molar-refractivity contribution in [3.63, 3.8) is 0 Å². The van der Waals surface area contributed by atoms with Crippen LogP contribution in [0.2, 0.25) is 0 Å². The topological polar surface area (TPSA) is 93.4 Å². The molecule has 1 N–H and O–H groups in total. The molecule has 0 radical (unpaired) electrons. The quantitative estimate of drug-likeness (QED) is 0.905. The summed E-state index contributed by atoms with van der Waals surface area (Å²) < 4.78 is 10.7. The SMILES string of the molecule is CNc1nccnc1[C@@H]1CN(C(=O)c2cc(C)on2)CCO1. The van der Waals surface area contributed by atoms with Gasteiger partial charge in [-0.3, -0.25) is 9.78 Å². The second kappa shape index (κ2) is 6.10. The van der Waals surface area contributed by atoms with E-state index < -0.39 is 0 Å². The summed E-state index contributed by atoms with van der Waals surface area (Å²) in [6.07, 6.45) is 2.91. The standard InChI is InChI=1S/C14H17N5O3/c1-9-7-10(18-22-9)14(20)19-5-6-21-11(8-19)12-13(15-2)17-4-3-16-12/h3-4,7,11H,5-6,8H2,1-2H3,(H,15,17)/t11-/m0/s1. The Balaban J connectivity index is 1.78. The van der Waals surface area contributed by atoms with Crippen LogP contribution in [0.3, 0.4) is 0 Å². The first-order valence-electron chi connectivity index (χ1n) is 7.02. The van der Waals surface area contributed by atoms with Gasteiger partial charge in [0.2, 0.25) is 0 Å². The molecule has 1 fully saturated rings. The number of anilines is 1. The van der Waals surface area contributed by atoms with E-state index in [-0.39, 0.29) is 12.0 Å². The van der Waals surface area contributed by atoms with Crippen LogP contribution >= 0.6 is 0 Å². The predicted molar refractivity (Wildman–Crippen MR) is 77.4 cm³/mol. The average Bonchev–Trinajstić information content (AvgIpc) is 3.00. The third kappa shape index (κ3) is 2.77. The highest BCUT2D eigenvalue weighted by molar-refractivity contribution is 5.92. The lowest BCUT2D eigenvalue weighted by Crippen LogP contribution is -2.42. The Kier molecular flexibility index (Phi) is 4.01. The number of ether oxygens (including phenoxy) is 1. The molecule has 0 aliphatic carbocycles. The van der Waals surface area contributed by atoms with E-state index in [1.807, 2.05) is 0 Å². The lowest BCUT2D eigenvalue weighted by Gasteiger charge is -2.32. The predicted octanol–water partition coefficient (Wildman–Crippen LogP) is 1.03. The summed E-state index contributed by atoms with van der Waals surface area (Å²) in [5.41, 5.74) is 1.00. The number of nitrogens with zero attached hydrogens (tertiary/aromatic N) is 4. The molecule has 1 saturated heterocycles. The average molecular weight is 303 g/mol. The number of hydrogen-bond donors (Lipinski definition) is 1. The van der Waals surface area contributed by atoms with E-state index in [9.17, 15) is 4.79 Å². The fraction of sp³-hybridized carbons (Fsp3) is 0.429. The Bertz CT molecular complexity index is 672. The van der Waals surface area contributed by atoms with Crippen molar-refractivity contribution in [1.29, 1.82) is 0 Å². The third-order valence-electron chi connectivity index (χ3n) is 3.47. The van der Waals surface area contributed by atoms with Gasteiger partial charge in [-0.15, -0.1) is 0 Å². The monoisotopic (exact) mass is 303 g/mol. The van der Waals surface area contributed by atoms with Crippen LogP contribution in [0.25, 0.3) is 0 Å². The Morgan fingerprint density at radius 1 is 1.41 bits per heavy atom. The Morgan fingerprint density at radius 2 is 2.23 bits per heavy atom. The van der Waals surface area contributed by atoms with Crippen molar-refractivity contribution < 1.29 is 14.1 Å². The van der Waals surface area contributed by atoms with Gasteiger partial charge in [-0.05, 0) is 6.92 Å². The molecule has 3 rings (SSSR count). The molecule has 2 aromatic heterocycles. The number of amides is 1. The van der Waals surface area contributed by atoms with Crippen molar-refractivity contribution in [2.75, 3.05) is 32.1 Å². The summed E-state index contributed by atoms with van der Waals surface area (Å²) in [6.45, 7) is 3.10. The van der Waals surface area contributed by atoms with Crippen LogP contribution in [-0.4, -0.2) is 52.7 Å². The third-order valence-corrected chi connectivity index (χ3v) is 3.47. The van der Waals surface area contributed by atoms with Crippen molar-refractivity contribution in [1.82, 2.24) is 20.0 Å². The number of aromatic nitrogens is 3. The summed E-state index contributed by atoms with van der Waals surface area (Å²) in [4.78, 5) is 22.7. The molecular formula is C14H17N5O3. The first-order chi connectivity index (χ1) is 10.7. The van der Waals surface area contributed by atoms with Gasteiger partial charge in [0.05, 0.1) is 13.2 Å². The molecular weight excluding hydrogens is 286 g/mol. The Labute approximate surface area is 127 Å². The lowest BCUT2D eigenvalue weighted by molar-refractivity contribution is -0.0248. The van der Waals surface area contributed by atoms with E-state index in [0.717, 1.165) is 0 Å². The van der Waals surface area contributed by atoms with Crippen molar-refractivity contribution in [2.24, 2.45) is 0 Å². The summed E-state index contributed by atoms with van der Waals surface area (Å²) in [7, 11) is 1.78. The normalized spacial score (nSPS) is 18.3. The van der Waals surface area contributed by atoms with Gasteiger partial charge in [-0.1, -0.05) is 5.16 Å². The van der Waals surface area contributed by atoms with E-state index in [0.29, 0.717) is 42.7 Å². The highest BCUT2D eigenvalue weighted by atomic mass is 16.5. The number of rotatable bonds is 3. The Morgan fingerprint density at radius 3 is 2.95 bits per heavy atom. The van der Waals surface area contributed by atoms with Gasteiger partial charge in [0.15, 0.2) is 5.69 Å². The zero-order valence-corrected chi connectivity index (χ0v) is 12.4. The number of carbonyl (C=O) groups is 1. The van der Waals surface area contributed by atoms with Gasteiger partial charge in [-0.25, -0.2) is 4.98 Å². The van der Waals surface area contributed by atoms with Gasteiger partial charge < -0.3 is 19.5 Å². The fourth-order valence-corrected chi connectivity index (χ4v) is 2.41. The molecule has 0 saturated carbocycles. The molecule has 8 nitrogen and oxygen atoms in total. The molecule has 1 aliphatic heterocycles. The van der Waals surface area contributed by atoms with Crippen molar-refractivity contribution >= 4 is 11.7 Å². The fourth-order valence-electron chi connectivity index (χ4n) is 2.41. The minimum Gasteiger partial charge on any atom is -0.372 e. The van der Waals surface area contributed by atoms with Crippen molar-refractivity contribution in [3.05, 3.63) is 35.6 Å². The lowest BCUT2D eigenvalue weighted by atomic mass is 10.2. The number of aryl methyl sites for hydroxylation is 1. The zero-order chi connectivity index (χ0) is 15.5. The molecule has 1 atom stereocenters. The van der Waals surface area contributed by atoms with Gasteiger partial charge in [0.1, 0.15) is 23.4 Å². The molecule has 0 unspecified atom stereocenters. The second-order valence-corrected chi connectivity index (χ2v) is 4.97. The number of hydrogen-bond acceptors (Lipinski definition) is 7. The summed E-state index contributed by atoms with van der Waals surface area (Å²) >= 11 is 0. The van der Waals surface area contributed by atoms with Crippen LogP contribution in [0.15, 0.2) is 23.0 Å². The van der Waals surface area contributed by atoms with Gasteiger partial charge in [0, 0.05) is 32.1 Å². The minimum atomic E-state index is -0.318. The maximum absolute atomic E-state index is 12.4. The highest BCUT2D eigenvalue weighted by Gasteiger charge is 2.29. The van der Waals surface area contributed by atoms with Crippen LogP contribution < -0.4 is 5.32 Å².